The molecule has 0 saturated heterocycles. The van der Waals surface area contributed by atoms with Crippen LogP contribution in [0, 0.1) is 0 Å². The normalized spacial score (nSPS) is 13.4. The molecule has 0 spiro atoms. The van der Waals surface area contributed by atoms with Crippen molar-refractivity contribution in [1.82, 2.24) is 4.72 Å². The summed E-state index contributed by atoms with van der Waals surface area (Å²) in [5.41, 5.74) is 0. The average Bonchev–Trinajstić information content (AvgIpc) is 2.17. The van der Waals surface area contributed by atoms with Gasteiger partial charge in [0.1, 0.15) is 0 Å². The van der Waals surface area contributed by atoms with E-state index in [1.807, 2.05) is 4.72 Å². The molecule has 0 aliphatic rings. The van der Waals surface area contributed by atoms with Gasteiger partial charge in [0.05, 0.1) is 16.9 Å². The van der Waals surface area contributed by atoms with Crippen LogP contribution in [0.5, 0.6) is 0 Å². The summed E-state index contributed by atoms with van der Waals surface area (Å²) in [6.07, 6.45) is 0. The summed E-state index contributed by atoms with van der Waals surface area (Å²) in [4.78, 5) is 10.3. The van der Waals surface area contributed by atoms with Crippen LogP contribution in [0.15, 0.2) is 29.2 Å². The summed E-state index contributed by atoms with van der Waals surface area (Å²) < 4.78 is 25.2. The van der Waals surface area contributed by atoms with Gasteiger partial charge >= 0.3 is 0 Å². The fraction of sp³-hybridized carbons (Fsp3) is 0.222. The van der Waals surface area contributed by atoms with E-state index < -0.39 is 22.0 Å². The second-order valence-electron chi connectivity index (χ2n) is 3.12. The Morgan fingerprint density at radius 2 is 2.12 bits per heavy atom. The molecular formula is C9H9ClNO4S-. The van der Waals surface area contributed by atoms with E-state index in [-0.39, 0.29) is 9.92 Å². The molecule has 0 unspecified atom stereocenters. The van der Waals surface area contributed by atoms with Crippen molar-refractivity contribution < 1.29 is 18.3 Å². The number of rotatable bonds is 4. The molecular weight excluding hydrogens is 254 g/mol. The molecule has 0 saturated carbocycles. The van der Waals surface area contributed by atoms with E-state index in [1.54, 1.807) is 0 Å². The Balaban J connectivity index is 2.99. The molecule has 88 valence electrons. The van der Waals surface area contributed by atoms with Crippen molar-refractivity contribution in [3.8, 4) is 0 Å². The van der Waals surface area contributed by atoms with E-state index in [9.17, 15) is 18.3 Å². The van der Waals surface area contributed by atoms with Gasteiger partial charge < -0.3 is 9.90 Å². The Hall–Kier alpha value is -1.11. The first kappa shape index (κ1) is 13.0. The fourth-order valence-electron chi connectivity index (χ4n) is 0.983. The van der Waals surface area contributed by atoms with Gasteiger partial charge in [-0.25, -0.2) is 13.1 Å². The summed E-state index contributed by atoms with van der Waals surface area (Å²) >= 11 is 5.63. The van der Waals surface area contributed by atoms with Gasteiger partial charge in [0.25, 0.3) is 0 Å². The average molecular weight is 263 g/mol. The standard InChI is InChI=1S/C9H10ClNO4S/c1-6(9(12)13)11-16(14,15)8-4-2-3-7(10)5-8/h2-6,11H,1H3,(H,12,13)/p-1/t6-/m1/s1. The number of nitrogens with one attached hydrogen (secondary N) is 1. The van der Waals surface area contributed by atoms with E-state index in [1.165, 1.54) is 31.2 Å². The zero-order valence-electron chi connectivity index (χ0n) is 8.31. The summed E-state index contributed by atoms with van der Waals surface area (Å²) in [7, 11) is -3.88. The topological polar surface area (TPSA) is 86.3 Å². The first-order valence-corrected chi connectivity index (χ1v) is 6.18. The molecule has 0 aromatic heterocycles. The number of hydrogen-bond donors (Lipinski definition) is 1. The zero-order chi connectivity index (χ0) is 12.3. The molecule has 16 heavy (non-hydrogen) atoms. The van der Waals surface area contributed by atoms with Crippen molar-refractivity contribution in [3.05, 3.63) is 29.3 Å². The lowest BCUT2D eigenvalue weighted by Gasteiger charge is -2.14. The Morgan fingerprint density at radius 1 is 1.50 bits per heavy atom. The van der Waals surface area contributed by atoms with E-state index in [0.717, 1.165) is 0 Å². The van der Waals surface area contributed by atoms with Gasteiger partial charge in [0, 0.05) is 5.02 Å². The van der Waals surface area contributed by atoms with Crippen molar-refractivity contribution in [2.24, 2.45) is 0 Å². The number of benzene rings is 1. The molecule has 1 aromatic carbocycles. The van der Waals surface area contributed by atoms with Crippen LogP contribution in [0.2, 0.25) is 5.02 Å². The third-order valence-electron chi connectivity index (χ3n) is 1.79. The second-order valence-corrected chi connectivity index (χ2v) is 5.27. The number of aliphatic carboxylic acids is 1. The fourth-order valence-corrected chi connectivity index (χ4v) is 2.48. The molecule has 1 aromatic rings. The Morgan fingerprint density at radius 3 is 2.62 bits per heavy atom. The highest BCUT2D eigenvalue weighted by Gasteiger charge is 2.17. The Kier molecular flexibility index (Phi) is 3.90. The molecule has 1 N–H and O–H groups in total. The smallest absolute Gasteiger partial charge is 0.241 e. The predicted octanol–water partition coefficient (Wildman–Crippen LogP) is -0.243. The van der Waals surface area contributed by atoms with Crippen LogP contribution in [0.3, 0.4) is 0 Å². The van der Waals surface area contributed by atoms with E-state index in [0.29, 0.717) is 0 Å². The van der Waals surface area contributed by atoms with E-state index in [2.05, 4.69) is 0 Å². The maximum absolute atomic E-state index is 11.6. The minimum atomic E-state index is -3.88. The number of carbonyl (C=O) groups is 1. The molecule has 0 aliphatic heterocycles. The lowest BCUT2D eigenvalue weighted by molar-refractivity contribution is -0.307. The lowest BCUT2D eigenvalue weighted by Crippen LogP contribution is -2.45. The van der Waals surface area contributed by atoms with Gasteiger partial charge in [0.15, 0.2) is 0 Å². The number of carboxylic acids is 1. The summed E-state index contributed by atoms with van der Waals surface area (Å²) in [5, 5.41) is 10.7. The molecule has 7 heteroatoms. The number of halogens is 1. The Labute approximate surface area is 98.1 Å². The number of sulfonamides is 1. The number of carboxylic acid groups (broad SMARTS) is 1. The zero-order valence-corrected chi connectivity index (χ0v) is 9.88. The SMILES string of the molecule is C[C@@H](NS(=O)(=O)c1cccc(Cl)c1)C(=O)[O-]. The molecule has 0 fully saturated rings. The molecule has 5 nitrogen and oxygen atoms in total. The Bertz CT molecular complexity index is 500. The minimum Gasteiger partial charge on any atom is -0.548 e. The van der Waals surface area contributed by atoms with Gasteiger partial charge in [-0.05, 0) is 25.1 Å². The molecule has 0 aliphatic carbocycles. The van der Waals surface area contributed by atoms with Crippen LogP contribution in [0.25, 0.3) is 0 Å². The van der Waals surface area contributed by atoms with Crippen molar-refractivity contribution in [3.63, 3.8) is 0 Å². The molecule has 1 rings (SSSR count). The largest absolute Gasteiger partial charge is 0.548 e. The second kappa shape index (κ2) is 4.82. The van der Waals surface area contributed by atoms with Crippen LogP contribution >= 0.6 is 11.6 Å². The van der Waals surface area contributed by atoms with Gasteiger partial charge in [0.2, 0.25) is 10.0 Å². The number of carbonyl (C=O) groups excluding carboxylic acids is 1. The summed E-state index contributed by atoms with van der Waals surface area (Å²) in [5.74, 6) is -1.49. The van der Waals surface area contributed by atoms with Crippen LogP contribution < -0.4 is 9.83 Å². The predicted molar refractivity (Wildman–Crippen MR) is 56.2 cm³/mol. The molecule has 0 amide bonds. The van der Waals surface area contributed by atoms with Crippen LogP contribution in [-0.4, -0.2) is 20.4 Å². The van der Waals surface area contributed by atoms with Crippen LogP contribution in [-0.2, 0) is 14.8 Å². The van der Waals surface area contributed by atoms with E-state index >= 15 is 0 Å². The summed E-state index contributed by atoms with van der Waals surface area (Å²) in [6.45, 7) is 1.18. The highest BCUT2D eigenvalue weighted by atomic mass is 35.5. The monoisotopic (exact) mass is 262 g/mol. The van der Waals surface area contributed by atoms with Crippen LogP contribution in [0.1, 0.15) is 6.92 Å². The van der Waals surface area contributed by atoms with Crippen molar-refractivity contribution in [2.45, 2.75) is 17.9 Å². The lowest BCUT2D eigenvalue weighted by atomic mass is 10.4. The van der Waals surface area contributed by atoms with Crippen molar-refractivity contribution in [2.75, 3.05) is 0 Å². The van der Waals surface area contributed by atoms with Gasteiger partial charge in [-0.3, -0.25) is 0 Å². The highest BCUT2D eigenvalue weighted by molar-refractivity contribution is 7.89. The van der Waals surface area contributed by atoms with Gasteiger partial charge in [-0.2, -0.15) is 0 Å². The molecule has 0 radical (unpaired) electrons. The van der Waals surface area contributed by atoms with Crippen molar-refractivity contribution >= 4 is 27.6 Å². The first-order chi connectivity index (χ1) is 7.33. The maximum Gasteiger partial charge on any atom is 0.241 e. The first-order valence-electron chi connectivity index (χ1n) is 4.31. The van der Waals surface area contributed by atoms with Crippen LogP contribution in [0.4, 0.5) is 0 Å². The number of hydrogen-bond acceptors (Lipinski definition) is 4. The molecule has 0 bridgehead atoms. The highest BCUT2D eigenvalue weighted by Crippen LogP contribution is 2.15. The summed E-state index contributed by atoms with van der Waals surface area (Å²) in [6, 6.07) is 4.22. The third-order valence-corrected chi connectivity index (χ3v) is 3.57. The maximum atomic E-state index is 11.6. The van der Waals surface area contributed by atoms with Gasteiger partial charge in [-0.1, -0.05) is 17.7 Å². The minimum absolute atomic E-state index is 0.0897. The molecule has 1 atom stereocenters. The van der Waals surface area contributed by atoms with Crippen molar-refractivity contribution in [1.29, 1.82) is 0 Å². The molecule has 0 heterocycles. The van der Waals surface area contributed by atoms with Gasteiger partial charge in [-0.15, -0.1) is 0 Å². The quantitative estimate of drug-likeness (QED) is 0.811. The van der Waals surface area contributed by atoms with E-state index in [4.69, 9.17) is 11.6 Å². The third kappa shape index (κ3) is 3.19.